The Morgan fingerprint density at radius 3 is 2.95 bits per heavy atom. The van der Waals surface area contributed by atoms with Gasteiger partial charge in [-0.15, -0.1) is 0 Å². The summed E-state index contributed by atoms with van der Waals surface area (Å²) in [4.78, 5) is 2.42. The number of halogens is 2. The zero-order valence-electron chi connectivity index (χ0n) is 11.0. The Morgan fingerprint density at radius 2 is 2.16 bits per heavy atom. The van der Waals surface area contributed by atoms with Crippen LogP contribution in [0, 0.1) is 5.82 Å². The Hall–Kier alpha value is -0.450. The number of benzene rings is 1. The molecule has 4 heteroatoms. The zero-order valence-corrected chi connectivity index (χ0v) is 12.6. The SMILES string of the molecule is Fc1ccc(Br)cc1CN1CCCC1CNC1CC1. The molecule has 0 amide bonds. The monoisotopic (exact) mass is 326 g/mol. The minimum absolute atomic E-state index is 0.0935. The molecule has 2 aliphatic rings. The molecule has 0 spiro atoms. The lowest BCUT2D eigenvalue weighted by Gasteiger charge is -2.25. The molecule has 1 unspecified atom stereocenters. The fourth-order valence-electron chi connectivity index (χ4n) is 2.81. The summed E-state index contributed by atoms with van der Waals surface area (Å²) in [6.45, 7) is 2.87. The molecule has 0 radical (unpaired) electrons. The van der Waals surface area contributed by atoms with Gasteiger partial charge in [0.25, 0.3) is 0 Å². The molecule has 1 aliphatic heterocycles. The second-order valence-electron chi connectivity index (χ2n) is 5.68. The average molecular weight is 327 g/mol. The summed E-state index contributed by atoms with van der Waals surface area (Å²) < 4.78 is 14.8. The second kappa shape index (κ2) is 5.90. The smallest absolute Gasteiger partial charge is 0.127 e. The number of hydrogen-bond acceptors (Lipinski definition) is 2. The maximum Gasteiger partial charge on any atom is 0.127 e. The molecule has 0 bridgehead atoms. The third-order valence-electron chi connectivity index (χ3n) is 4.10. The van der Waals surface area contributed by atoms with Crippen molar-refractivity contribution in [1.82, 2.24) is 10.2 Å². The number of hydrogen-bond donors (Lipinski definition) is 1. The van der Waals surface area contributed by atoms with Crippen molar-refractivity contribution in [1.29, 1.82) is 0 Å². The lowest BCUT2D eigenvalue weighted by molar-refractivity contribution is 0.236. The predicted octanol–water partition coefficient (Wildman–Crippen LogP) is 3.30. The van der Waals surface area contributed by atoms with Crippen LogP contribution < -0.4 is 5.32 Å². The molecule has 1 aliphatic carbocycles. The van der Waals surface area contributed by atoms with Gasteiger partial charge in [-0.25, -0.2) is 4.39 Å². The summed E-state index contributed by atoms with van der Waals surface area (Å²) in [5.41, 5.74) is 0.799. The molecule has 1 saturated carbocycles. The van der Waals surface area contributed by atoms with E-state index in [1.165, 1.54) is 25.7 Å². The van der Waals surface area contributed by atoms with E-state index in [2.05, 4.69) is 26.1 Å². The van der Waals surface area contributed by atoms with Crippen LogP contribution in [0.15, 0.2) is 22.7 Å². The lowest BCUT2D eigenvalue weighted by Crippen LogP contribution is -2.38. The van der Waals surface area contributed by atoms with Gasteiger partial charge in [0.1, 0.15) is 5.82 Å². The first-order chi connectivity index (χ1) is 9.22. The van der Waals surface area contributed by atoms with Crippen molar-refractivity contribution < 1.29 is 4.39 Å². The predicted molar refractivity (Wildman–Crippen MR) is 78.6 cm³/mol. The standard InChI is InChI=1S/C15H20BrFN2/c16-12-3-6-15(17)11(8-12)10-19-7-1-2-14(19)9-18-13-4-5-13/h3,6,8,13-14,18H,1-2,4-5,7,9-10H2. The van der Waals surface area contributed by atoms with Gasteiger partial charge < -0.3 is 5.32 Å². The Kier molecular flexibility index (Phi) is 4.20. The van der Waals surface area contributed by atoms with Gasteiger partial charge in [0.05, 0.1) is 0 Å². The number of likely N-dealkylation sites (tertiary alicyclic amines) is 1. The van der Waals surface area contributed by atoms with Crippen LogP contribution in [0.3, 0.4) is 0 Å². The molecule has 2 fully saturated rings. The highest BCUT2D eigenvalue weighted by atomic mass is 79.9. The van der Waals surface area contributed by atoms with Crippen LogP contribution in [0.1, 0.15) is 31.2 Å². The van der Waals surface area contributed by atoms with E-state index in [0.717, 1.165) is 35.7 Å². The summed E-state index contributed by atoms with van der Waals surface area (Å²) in [5, 5.41) is 3.60. The first kappa shape index (κ1) is 13.5. The van der Waals surface area contributed by atoms with Crippen LogP contribution in [0.4, 0.5) is 4.39 Å². The lowest BCUT2D eigenvalue weighted by atomic mass is 10.1. The van der Waals surface area contributed by atoms with E-state index in [9.17, 15) is 4.39 Å². The fourth-order valence-corrected chi connectivity index (χ4v) is 3.22. The van der Waals surface area contributed by atoms with E-state index >= 15 is 0 Å². The molecular weight excluding hydrogens is 307 g/mol. The summed E-state index contributed by atoms with van der Waals surface area (Å²) >= 11 is 3.42. The van der Waals surface area contributed by atoms with E-state index in [1.807, 2.05) is 6.07 Å². The van der Waals surface area contributed by atoms with Crippen LogP contribution >= 0.6 is 15.9 Å². The Bertz CT molecular complexity index is 448. The molecule has 2 nitrogen and oxygen atoms in total. The van der Waals surface area contributed by atoms with Crippen molar-refractivity contribution in [3.8, 4) is 0 Å². The van der Waals surface area contributed by atoms with Crippen molar-refractivity contribution >= 4 is 15.9 Å². The second-order valence-corrected chi connectivity index (χ2v) is 6.60. The zero-order chi connectivity index (χ0) is 13.2. The van der Waals surface area contributed by atoms with Gasteiger partial charge in [0, 0.05) is 35.2 Å². The van der Waals surface area contributed by atoms with Crippen LogP contribution in [0.2, 0.25) is 0 Å². The first-order valence-electron chi connectivity index (χ1n) is 7.14. The van der Waals surface area contributed by atoms with Gasteiger partial charge in [-0.2, -0.15) is 0 Å². The van der Waals surface area contributed by atoms with Crippen molar-refractivity contribution in [2.75, 3.05) is 13.1 Å². The maximum atomic E-state index is 13.8. The van der Waals surface area contributed by atoms with Crippen LogP contribution in [0.25, 0.3) is 0 Å². The van der Waals surface area contributed by atoms with Crippen molar-refractivity contribution in [3.05, 3.63) is 34.1 Å². The highest BCUT2D eigenvalue weighted by Gasteiger charge is 2.28. The highest BCUT2D eigenvalue weighted by molar-refractivity contribution is 9.10. The number of rotatable bonds is 5. The van der Waals surface area contributed by atoms with Gasteiger partial charge in [0.2, 0.25) is 0 Å². The van der Waals surface area contributed by atoms with Crippen LogP contribution in [-0.4, -0.2) is 30.1 Å². The largest absolute Gasteiger partial charge is 0.312 e. The topological polar surface area (TPSA) is 15.3 Å². The molecule has 1 atom stereocenters. The molecule has 1 N–H and O–H groups in total. The van der Waals surface area contributed by atoms with E-state index < -0.39 is 0 Å². The minimum Gasteiger partial charge on any atom is -0.312 e. The summed E-state index contributed by atoms with van der Waals surface area (Å²) in [7, 11) is 0. The normalized spacial score (nSPS) is 24.0. The van der Waals surface area contributed by atoms with Gasteiger partial charge in [-0.3, -0.25) is 4.90 Å². The van der Waals surface area contributed by atoms with Crippen molar-refractivity contribution in [2.24, 2.45) is 0 Å². The van der Waals surface area contributed by atoms with Gasteiger partial charge in [-0.1, -0.05) is 15.9 Å². The van der Waals surface area contributed by atoms with Gasteiger partial charge >= 0.3 is 0 Å². The summed E-state index contributed by atoms with van der Waals surface area (Å²) in [5.74, 6) is -0.0935. The third-order valence-corrected chi connectivity index (χ3v) is 4.59. The van der Waals surface area contributed by atoms with Gasteiger partial charge in [-0.05, 0) is 50.4 Å². The van der Waals surface area contributed by atoms with E-state index in [-0.39, 0.29) is 5.82 Å². The summed E-state index contributed by atoms with van der Waals surface area (Å²) in [6, 6.07) is 6.53. The van der Waals surface area contributed by atoms with Crippen molar-refractivity contribution in [3.63, 3.8) is 0 Å². The number of nitrogens with zero attached hydrogens (tertiary/aromatic N) is 1. The number of nitrogens with one attached hydrogen (secondary N) is 1. The Morgan fingerprint density at radius 1 is 1.32 bits per heavy atom. The molecular formula is C15H20BrFN2. The average Bonchev–Trinajstić information content (AvgIpc) is 3.12. The van der Waals surface area contributed by atoms with E-state index in [0.29, 0.717) is 6.04 Å². The fraction of sp³-hybridized carbons (Fsp3) is 0.600. The molecule has 1 aromatic rings. The van der Waals surface area contributed by atoms with E-state index in [1.54, 1.807) is 12.1 Å². The highest BCUT2D eigenvalue weighted by Crippen LogP contribution is 2.24. The molecule has 1 aromatic carbocycles. The van der Waals surface area contributed by atoms with E-state index in [4.69, 9.17) is 0 Å². The molecule has 1 heterocycles. The van der Waals surface area contributed by atoms with Crippen LogP contribution in [-0.2, 0) is 6.54 Å². The van der Waals surface area contributed by atoms with Crippen molar-refractivity contribution in [2.45, 2.75) is 44.3 Å². The molecule has 1 saturated heterocycles. The van der Waals surface area contributed by atoms with Gasteiger partial charge in [0.15, 0.2) is 0 Å². The van der Waals surface area contributed by atoms with Crippen LogP contribution in [0.5, 0.6) is 0 Å². The third kappa shape index (κ3) is 3.56. The minimum atomic E-state index is -0.0935. The Labute approximate surface area is 122 Å². The quantitative estimate of drug-likeness (QED) is 0.893. The molecule has 104 valence electrons. The molecule has 0 aromatic heterocycles. The Balaban J connectivity index is 1.61. The first-order valence-corrected chi connectivity index (χ1v) is 7.93. The summed E-state index contributed by atoms with van der Waals surface area (Å²) in [6.07, 6.45) is 5.11. The molecule has 19 heavy (non-hydrogen) atoms. The molecule has 3 rings (SSSR count). The maximum absolute atomic E-state index is 13.8.